The largest absolute Gasteiger partial charge is 0.396 e. The van der Waals surface area contributed by atoms with Gasteiger partial charge in [0.15, 0.2) is 0 Å². The molecule has 4 rings (SSSR count). The second kappa shape index (κ2) is 6.82. The van der Waals surface area contributed by atoms with Crippen molar-refractivity contribution in [3.8, 4) is 0 Å². The van der Waals surface area contributed by atoms with Crippen molar-refractivity contribution in [1.29, 1.82) is 0 Å². The summed E-state index contributed by atoms with van der Waals surface area (Å²) in [6.07, 6.45) is 7.03. The average molecular weight is 419 g/mol. The summed E-state index contributed by atoms with van der Waals surface area (Å²) in [5.74, 6) is -0.471. The summed E-state index contributed by atoms with van der Waals surface area (Å²) < 4.78 is 0.955. The molecule has 2 fully saturated rings. The molecule has 1 aromatic rings. The quantitative estimate of drug-likeness (QED) is 0.490. The molecule has 4 atom stereocenters. The maximum atomic E-state index is 13.1. The zero-order valence-corrected chi connectivity index (χ0v) is 16.0. The van der Waals surface area contributed by atoms with Crippen LogP contribution in [0, 0.1) is 29.1 Å². The molecular weight excluding hydrogens is 396 g/mol. The Labute approximate surface area is 161 Å². The Kier molecular flexibility index (Phi) is 4.65. The van der Waals surface area contributed by atoms with E-state index in [0.717, 1.165) is 23.0 Å². The summed E-state index contributed by atoms with van der Waals surface area (Å²) >= 11 is 3.39. The summed E-state index contributed by atoms with van der Waals surface area (Å²) in [6, 6.07) is 7.48. The van der Waals surface area contributed by atoms with E-state index in [0.29, 0.717) is 13.0 Å². The van der Waals surface area contributed by atoms with Crippen LogP contribution in [0.15, 0.2) is 40.9 Å². The standard InChI is InChI=1S/C20H23BrN2O3/c21-12-2-4-13(5-3-12)23-19(26)17-15-7-6-14(20(15)8-9-20)16(17)18(25)22-10-1-11-24/h2-7,14-17,24H,1,8-11H2,(H,22,25)(H,23,26)/t14-,15+,16-,17-/m1/s1. The van der Waals surface area contributed by atoms with Crippen molar-refractivity contribution in [3.63, 3.8) is 0 Å². The van der Waals surface area contributed by atoms with Gasteiger partial charge < -0.3 is 15.7 Å². The predicted molar refractivity (Wildman–Crippen MR) is 102 cm³/mol. The number of aliphatic hydroxyl groups is 1. The van der Waals surface area contributed by atoms with E-state index in [1.54, 1.807) is 0 Å². The third-order valence-electron chi connectivity index (χ3n) is 6.19. The van der Waals surface area contributed by atoms with Crippen LogP contribution < -0.4 is 10.6 Å². The highest BCUT2D eigenvalue weighted by Gasteiger charge is 2.69. The fraction of sp³-hybridized carbons (Fsp3) is 0.500. The van der Waals surface area contributed by atoms with Gasteiger partial charge in [0.1, 0.15) is 0 Å². The number of benzene rings is 1. The highest BCUT2D eigenvalue weighted by atomic mass is 79.9. The summed E-state index contributed by atoms with van der Waals surface area (Å²) in [5.41, 5.74) is 0.870. The molecule has 3 N–H and O–H groups in total. The van der Waals surface area contributed by atoms with Crippen molar-refractivity contribution in [2.45, 2.75) is 19.3 Å². The van der Waals surface area contributed by atoms with Crippen LogP contribution in [0.5, 0.6) is 0 Å². The van der Waals surface area contributed by atoms with Crippen LogP contribution in [0.4, 0.5) is 5.69 Å². The van der Waals surface area contributed by atoms with E-state index in [1.807, 2.05) is 24.3 Å². The molecule has 0 radical (unpaired) electrons. The van der Waals surface area contributed by atoms with Crippen LogP contribution in [0.3, 0.4) is 0 Å². The highest BCUT2D eigenvalue weighted by Crippen LogP contribution is 2.72. The number of anilines is 1. The van der Waals surface area contributed by atoms with Crippen molar-refractivity contribution >= 4 is 33.4 Å². The van der Waals surface area contributed by atoms with E-state index in [1.165, 1.54) is 0 Å². The molecule has 0 saturated heterocycles. The van der Waals surface area contributed by atoms with Crippen LogP contribution in [-0.4, -0.2) is 30.1 Å². The van der Waals surface area contributed by atoms with E-state index in [2.05, 4.69) is 38.7 Å². The van der Waals surface area contributed by atoms with Gasteiger partial charge in [-0.15, -0.1) is 0 Å². The lowest BCUT2D eigenvalue weighted by Gasteiger charge is -2.26. The fourth-order valence-electron chi connectivity index (χ4n) is 4.88. The number of hydrogen-bond donors (Lipinski definition) is 3. The second-order valence-corrected chi connectivity index (χ2v) is 8.50. The Morgan fingerprint density at radius 2 is 1.69 bits per heavy atom. The Morgan fingerprint density at radius 3 is 2.27 bits per heavy atom. The molecule has 6 heteroatoms. The molecule has 1 spiro atoms. The van der Waals surface area contributed by atoms with E-state index in [4.69, 9.17) is 5.11 Å². The first kappa shape index (κ1) is 17.7. The molecule has 2 saturated carbocycles. The molecule has 0 aliphatic heterocycles. The average Bonchev–Trinajstić information content (AvgIpc) is 3.30. The Morgan fingerprint density at radius 1 is 1.08 bits per heavy atom. The molecule has 26 heavy (non-hydrogen) atoms. The lowest BCUT2D eigenvalue weighted by molar-refractivity contribution is -0.132. The topological polar surface area (TPSA) is 78.4 Å². The van der Waals surface area contributed by atoms with Crippen LogP contribution in [0.25, 0.3) is 0 Å². The number of aliphatic hydroxyl groups excluding tert-OH is 1. The van der Waals surface area contributed by atoms with Gasteiger partial charge in [0.25, 0.3) is 0 Å². The molecule has 0 unspecified atom stereocenters. The normalized spacial score (nSPS) is 29.8. The lowest BCUT2D eigenvalue weighted by Crippen LogP contribution is -2.42. The van der Waals surface area contributed by atoms with Gasteiger partial charge in [-0.05, 0) is 60.8 Å². The lowest BCUT2D eigenvalue weighted by atomic mass is 9.81. The number of hydrogen-bond acceptors (Lipinski definition) is 3. The molecule has 5 nitrogen and oxygen atoms in total. The zero-order valence-electron chi connectivity index (χ0n) is 14.5. The van der Waals surface area contributed by atoms with Gasteiger partial charge in [0.05, 0.1) is 11.8 Å². The van der Waals surface area contributed by atoms with Crippen LogP contribution in [-0.2, 0) is 9.59 Å². The van der Waals surface area contributed by atoms with Gasteiger partial charge in [-0.3, -0.25) is 9.59 Å². The number of allylic oxidation sites excluding steroid dienone is 2. The second-order valence-electron chi connectivity index (χ2n) is 7.59. The van der Waals surface area contributed by atoms with Gasteiger partial charge in [0.2, 0.25) is 11.8 Å². The SMILES string of the molecule is O=C(NCCCO)[C@H]1[C@H](C(=O)Nc2ccc(Br)cc2)[C@@H]2C=C[C@H]1C21CC1. The van der Waals surface area contributed by atoms with Gasteiger partial charge in [-0.1, -0.05) is 28.1 Å². The van der Waals surface area contributed by atoms with Crippen molar-refractivity contribution in [2.24, 2.45) is 29.1 Å². The number of rotatable bonds is 6. The number of carbonyl (C=O) groups excluding carboxylic acids is 2. The van der Waals surface area contributed by atoms with E-state index < -0.39 is 0 Å². The predicted octanol–water partition coefficient (Wildman–Crippen LogP) is 2.71. The first-order valence-corrected chi connectivity index (χ1v) is 9.99. The number of halogens is 1. The molecule has 138 valence electrons. The van der Waals surface area contributed by atoms with Gasteiger partial charge in [0, 0.05) is 23.3 Å². The van der Waals surface area contributed by atoms with E-state index in [9.17, 15) is 9.59 Å². The summed E-state index contributed by atoms with van der Waals surface area (Å²) in [5, 5.41) is 14.8. The zero-order chi connectivity index (χ0) is 18.3. The van der Waals surface area contributed by atoms with Crippen molar-refractivity contribution in [1.82, 2.24) is 5.32 Å². The summed E-state index contributed by atoms with van der Waals surface area (Å²) in [4.78, 5) is 25.9. The monoisotopic (exact) mass is 418 g/mol. The van der Waals surface area contributed by atoms with Gasteiger partial charge >= 0.3 is 0 Å². The molecule has 0 heterocycles. The summed E-state index contributed by atoms with van der Waals surface area (Å²) in [7, 11) is 0. The first-order chi connectivity index (χ1) is 12.6. The molecular formula is C20H23BrN2O3. The van der Waals surface area contributed by atoms with Crippen molar-refractivity contribution < 1.29 is 14.7 Å². The van der Waals surface area contributed by atoms with Crippen molar-refractivity contribution in [2.75, 3.05) is 18.5 Å². The minimum absolute atomic E-state index is 0.0499. The maximum Gasteiger partial charge on any atom is 0.228 e. The van der Waals surface area contributed by atoms with Crippen LogP contribution >= 0.6 is 15.9 Å². The van der Waals surface area contributed by atoms with Crippen molar-refractivity contribution in [3.05, 3.63) is 40.9 Å². The van der Waals surface area contributed by atoms with Gasteiger partial charge in [-0.25, -0.2) is 0 Å². The van der Waals surface area contributed by atoms with E-state index in [-0.39, 0.29) is 47.5 Å². The highest BCUT2D eigenvalue weighted by molar-refractivity contribution is 9.10. The molecule has 2 bridgehead atoms. The number of amides is 2. The Bertz CT molecular complexity index is 742. The van der Waals surface area contributed by atoms with Crippen LogP contribution in [0.2, 0.25) is 0 Å². The molecule has 2 amide bonds. The molecule has 3 aliphatic rings. The molecule has 0 aromatic heterocycles. The minimum Gasteiger partial charge on any atom is -0.396 e. The summed E-state index contributed by atoms with van der Waals surface area (Å²) in [6.45, 7) is 0.495. The smallest absolute Gasteiger partial charge is 0.228 e. The molecule has 1 aromatic carbocycles. The number of carbonyl (C=O) groups is 2. The number of nitrogens with one attached hydrogen (secondary N) is 2. The third-order valence-corrected chi connectivity index (χ3v) is 6.72. The molecule has 3 aliphatic carbocycles. The first-order valence-electron chi connectivity index (χ1n) is 9.20. The fourth-order valence-corrected chi connectivity index (χ4v) is 5.14. The third kappa shape index (κ3) is 2.89. The maximum absolute atomic E-state index is 13.1. The Hall–Kier alpha value is -1.66. The van der Waals surface area contributed by atoms with Gasteiger partial charge in [-0.2, -0.15) is 0 Å². The van der Waals surface area contributed by atoms with Crippen LogP contribution in [0.1, 0.15) is 19.3 Å². The minimum atomic E-state index is -0.328. The van der Waals surface area contributed by atoms with E-state index >= 15 is 0 Å². The Balaban J connectivity index is 1.54.